The van der Waals surface area contributed by atoms with Crippen LogP contribution in [0.2, 0.25) is 0 Å². The highest BCUT2D eigenvalue weighted by molar-refractivity contribution is 4.99. The zero-order chi connectivity index (χ0) is 47.9. The lowest BCUT2D eigenvalue weighted by Crippen LogP contribution is -2.67. The molecule has 6 saturated heterocycles. The summed E-state index contributed by atoms with van der Waals surface area (Å²) in [6.45, 7) is -1.10. The molecule has 6 rings (SSSR count). The first-order valence-electron chi connectivity index (χ1n) is 20.8. The third-order valence-electron chi connectivity index (χ3n) is 12.3. The summed E-state index contributed by atoms with van der Waals surface area (Å²) in [5.74, 6) is 0. The number of aliphatic hydroxyl groups is 18. The maximum absolute atomic E-state index is 11.4. The number of ether oxygens (including phenoxy) is 11. The fourth-order valence-corrected chi connectivity index (χ4v) is 8.26. The molecule has 30 atom stereocenters. The van der Waals surface area contributed by atoms with Crippen LogP contribution in [-0.2, 0) is 52.1 Å². The lowest BCUT2D eigenvalue weighted by Gasteiger charge is -2.49. The molecule has 6 fully saturated rings. The fraction of sp³-hybridized carbons (Fsp3) is 1.00. The molecule has 29 nitrogen and oxygen atoms in total. The second kappa shape index (κ2) is 22.3. The number of hydrogen-bond acceptors (Lipinski definition) is 29. The number of rotatable bonds is 14. The van der Waals surface area contributed by atoms with Gasteiger partial charge in [-0.15, -0.1) is 0 Å². The van der Waals surface area contributed by atoms with Crippen LogP contribution in [0.15, 0.2) is 0 Å². The van der Waals surface area contributed by atoms with Crippen LogP contribution in [0.4, 0.5) is 0 Å². The van der Waals surface area contributed by atoms with E-state index in [2.05, 4.69) is 0 Å². The quantitative estimate of drug-likeness (QED) is 0.0768. The summed E-state index contributed by atoms with van der Waals surface area (Å²) in [7, 11) is 0. The molecule has 0 aromatic rings. The molecule has 6 heterocycles. The Balaban J connectivity index is 1.25. The predicted molar refractivity (Wildman–Crippen MR) is 196 cm³/mol. The van der Waals surface area contributed by atoms with E-state index < -0.39 is 211 Å². The molecule has 6 aliphatic heterocycles. The molecule has 65 heavy (non-hydrogen) atoms. The van der Waals surface area contributed by atoms with Gasteiger partial charge in [-0.3, -0.25) is 0 Å². The van der Waals surface area contributed by atoms with Gasteiger partial charge in [0.15, 0.2) is 37.7 Å². The van der Waals surface area contributed by atoms with Gasteiger partial charge in [0.1, 0.15) is 134 Å². The zero-order valence-corrected chi connectivity index (χ0v) is 34.7. The second-order valence-corrected chi connectivity index (χ2v) is 16.8. The summed E-state index contributed by atoms with van der Waals surface area (Å²) in [6.07, 6.45) is -55.1. The third-order valence-corrected chi connectivity index (χ3v) is 12.3. The molecule has 29 heteroatoms. The van der Waals surface area contributed by atoms with Gasteiger partial charge in [-0.05, 0) is 13.8 Å². The van der Waals surface area contributed by atoms with Gasteiger partial charge < -0.3 is 144 Å². The summed E-state index contributed by atoms with van der Waals surface area (Å²) in [5.41, 5.74) is 0. The minimum Gasteiger partial charge on any atom is -0.394 e. The molecule has 0 bridgehead atoms. The Bertz CT molecular complexity index is 1470. The first-order valence-corrected chi connectivity index (χ1v) is 20.8. The molecule has 0 aromatic heterocycles. The van der Waals surface area contributed by atoms with Gasteiger partial charge in [-0.2, -0.15) is 0 Å². The summed E-state index contributed by atoms with van der Waals surface area (Å²) in [5, 5.41) is 190. The maximum atomic E-state index is 11.4. The molecule has 0 aliphatic carbocycles. The van der Waals surface area contributed by atoms with E-state index in [1.807, 2.05) is 0 Å². The largest absolute Gasteiger partial charge is 0.394 e. The fourth-order valence-electron chi connectivity index (χ4n) is 8.26. The SMILES string of the molecule is C[C@@H]1O[C@@H](O[C@@H]2[C@@H](O)[C@H](O)O[C@H](CO)[C@H]2O[C@H]2O[C@H](CO[C@@H]3O[C@H](CO)[C@H](O)[C@H](O[C@H]4O[C@H](CO)[C@H](O)[C@H](O)[C@H]4O)[C@H]3O[C@@H]3O[C@@H](C)[C@@H](O)[C@@H](O)[C@@H]3O)[C@H](O)[C@H](O)[C@H]2O)[C@@H](O)[C@H](O)[C@@H]1O. The van der Waals surface area contributed by atoms with E-state index in [1.54, 1.807) is 0 Å². The first kappa shape index (κ1) is 53.2. The van der Waals surface area contributed by atoms with E-state index in [9.17, 15) is 91.9 Å². The highest BCUT2D eigenvalue weighted by Gasteiger charge is 2.57. The molecule has 0 spiro atoms. The van der Waals surface area contributed by atoms with Crippen molar-refractivity contribution in [3.63, 3.8) is 0 Å². The van der Waals surface area contributed by atoms with Crippen molar-refractivity contribution in [2.24, 2.45) is 0 Å². The van der Waals surface area contributed by atoms with Crippen molar-refractivity contribution in [2.45, 2.75) is 198 Å². The Morgan fingerprint density at radius 3 is 1.14 bits per heavy atom. The van der Waals surface area contributed by atoms with Gasteiger partial charge in [0, 0.05) is 0 Å². The smallest absolute Gasteiger partial charge is 0.187 e. The van der Waals surface area contributed by atoms with Crippen molar-refractivity contribution in [3.8, 4) is 0 Å². The zero-order valence-electron chi connectivity index (χ0n) is 34.7. The lowest BCUT2D eigenvalue weighted by molar-refractivity contribution is -0.397. The van der Waals surface area contributed by atoms with Gasteiger partial charge in [-0.1, -0.05) is 0 Å². The molecule has 0 amide bonds. The summed E-state index contributed by atoms with van der Waals surface area (Å²) in [6, 6.07) is 0. The van der Waals surface area contributed by atoms with E-state index in [1.165, 1.54) is 13.8 Å². The van der Waals surface area contributed by atoms with Crippen LogP contribution in [-0.4, -0.2) is 303 Å². The Morgan fingerprint density at radius 1 is 0.308 bits per heavy atom. The summed E-state index contributed by atoms with van der Waals surface area (Å²) >= 11 is 0. The van der Waals surface area contributed by atoms with Crippen molar-refractivity contribution in [3.05, 3.63) is 0 Å². The monoisotopic (exact) mass is 958 g/mol. The molecule has 0 saturated carbocycles. The van der Waals surface area contributed by atoms with E-state index >= 15 is 0 Å². The molecular formula is C36H62O29. The van der Waals surface area contributed by atoms with E-state index in [0.717, 1.165) is 0 Å². The van der Waals surface area contributed by atoms with E-state index in [4.69, 9.17) is 52.1 Å². The topological polar surface area (TPSA) is 466 Å². The van der Waals surface area contributed by atoms with Gasteiger partial charge in [0.05, 0.1) is 38.6 Å². The van der Waals surface area contributed by atoms with Gasteiger partial charge in [-0.25, -0.2) is 0 Å². The molecule has 18 N–H and O–H groups in total. The lowest BCUT2D eigenvalue weighted by atomic mass is 9.95. The highest BCUT2D eigenvalue weighted by atomic mass is 16.8. The molecule has 6 aliphatic rings. The summed E-state index contributed by atoms with van der Waals surface area (Å²) in [4.78, 5) is 0. The minimum atomic E-state index is -2.14. The van der Waals surface area contributed by atoms with Crippen LogP contribution in [0.1, 0.15) is 13.8 Å². The summed E-state index contributed by atoms with van der Waals surface area (Å²) < 4.78 is 62.5. The normalized spacial score (nSPS) is 54.6. The average molecular weight is 959 g/mol. The van der Waals surface area contributed by atoms with Crippen LogP contribution >= 0.6 is 0 Å². The van der Waals surface area contributed by atoms with Gasteiger partial charge >= 0.3 is 0 Å². The highest BCUT2D eigenvalue weighted by Crippen LogP contribution is 2.36. The van der Waals surface area contributed by atoms with Crippen LogP contribution in [0.25, 0.3) is 0 Å². The Hall–Kier alpha value is -1.16. The van der Waals surface area contributed by atoms with Crippen LogP contribution < -0.4 is 0 Å². The van der Waals surface area contributed by atoms with Crippen LogP contribution in [0.5, 0.6) is 0 Å². The van der Waals surface area contributed by atoms with Crippen molar-refractivity contribution in [1.29, 1.82) is 0 Å². The molecule has 0 radical (unpaired) electrons. The standard InChI is InChI=1S/C36H62O29/c1-7-13(40)18(45)22(49)32(56-7)64-29-26(53)31(54)58-11(5-39)27(29)62-35-25(52)21(48)16(43)12(61-35)6-55-36-30(65-33-23(50)19(46)14(41)8(2)57-33)28(17(44)10(4-38)60-36)63-34-24(51)20(47)15(42)9(3-37)59-34/h7-54H,3-6H2,1-2H3/t7-,8-,9+,10+,11+,12+,13+,14+,15-,16-,17-,18+,19+,20-,21-,22-,23-,24+,25+,26+,27+,28-,29+,30+,31+,32-,33-,34+,35+,36+/m0/s1. The molecule has 0 unspecified atom stereocenters. The average Bonchev–Trinajstić information content (AvgIpc) is 3.28. The van der Waals surface area contributed by atoms with Gasteiger partial charge in [0.25, 0.3) is 0 Å². The Kier molecular flexibility index (Phi) is 18.2. The van der Waals surface area contributed by atoms with Crippen molar-refractivity contribution < 1.29 is 144 Å². The second-order valence-electron chi connectivity index (χ2n) is 16.8. The molecular weight excluding hydrogens is 896 g/mol. The van der Waals surface area contributed by atoms with Crippen LogP contribution in [0.3, 0.4) is 0 Å². The van der Waals surface area contributed by atoms with Crippen LogP contribution in [0, 0.1) is 0 Å². The third kappa shape index (κ3) is 10.9. The van der Waals surface area contributed by atoms with Gasteiger partial charge in [0.2, 0.25) is 0 Å². The number of hydrogen-bond donors (Lipinski definition) is 18. The minimum absolute atomic E-state index is 0.891. The Morgan fingerprint density at radius 2 is 0.662 bits per heavy atom. The van der Waals surface area contributed by atoms with E-state index in [0.29, 0.717) is 0 Å². The molecule has 380 valence electrons. The molecule has 0 aromatic carbocycles. The van der Waals surface area contributed by atoms with Crippen molar-refractivity contribution in [2.75, 3.05) is 26.4 Å². The van der Waals surface area contributed by atoms with Crippen molar-refractivity contribution in [1.82, 2.24) is 0 Å². The number of aliphatic hydroxyl groups excluding tert-OH is 18. The first-order chi connectivity index (χ1) is 30.6. The van der Waals surface area contributed by atoms with Crippen molar-refractivity contribution >= 4 is 0 Å². The predicted octanol–water partition coefficient (Wildman–Crippen LogP) is -12.0. The maximum Gasteiger partial charge on any atom is 0.187 e. The Labute approximate surface area is 368 Å². The van der Waals surface area contributed by atoms with E-state index in [-0.39, 0.29) is 0 Å².